The number of oxazole rings is 1. The van der Waals surface area contributed by atoms with Gasteiger partial charge in [0.15, 0.2) is 11.5 Å². The van der Waals surface area contributed by atoms with Crippen LogP contribution in [0.5, 0.6) is 5.75 Å². The van der Waals surface area contributed by atoms with Gasteiger partial charge in [-0.3, -0.25) is 9.59 Å². The Morgan fingerprint density at radius 3 is 2.61 bits per heavy atom. The third kappa shape index (κ3) is 5.14. The summed E-state index contributed by atoms with van der Waals surface area (Å²) in [7, 11) is 0. The lowest BCUT2D eigenvalue weighted by molar-refractivity contribution is -0.123. The zero-order valence-electron chi connectivity index (χ0n) is 23.4. The minimum atomic E-state index is -1.25. The number of aryl methyl sites for hydroxylation is 1. The second-order valence-electron chi connectivity index (χ2n) is 10.7. The molecule has 224 valence electrons. The summed E-state index contributed by atoms with van der Waals surface area (Å²) in [5, 5.41) is 2.48. The molecule has 3 heterocycles. The van der Waals surface area contributed by atoms with Gasteiger partial charge in [-0.05, 0) is 61.0 Å². The van der Waals surface area contributed by atoms with Crippen molar-refractivity contribution in [1.82, 2.24) is 15.3 Å². The van der Waals surface area contributed by atoms with Crippen LogP contribution in [0, 0.1) is 18.6 Å². The average molecular weight is 637 g/mol. The maximum atomic E-state index is 14.5. The van der Waals surface area contributed by atoms with Crippen LogP contribution in [-0.4, -0.2) is 34.9 Å². The highest BCUT2D eigenvalue weighted by Crippen LogP contribution is 2.48. The number of carbonyl (C=O) groups is 2. The first-order valence-corrected chi connectivity index (χ1v) is 14.2. The number of pyridine rings is 1. The summed E-state index contributed by atoms with van der Waals surface area (Å²) in [4.78, 5) is 35.0. The molecule has 0 saturated carbocycles. The number of ether oxygens (including phenoxy) is 1. The van der Waals surface area contributed by atoms with Crippen LogP contribution in [0.15, 0.2) is 65.1 Å². The largest absolute Gasteiger partial charge is 0.489 e. The molecule has 0 fully saturated rings. The van der Waals surface area contributed by atoms with Gasteiger partial charge in [-0.25, -0.2) is 18.7 Å². The Morgan fingerprint density at radius 2 is 1.86 bits per heavy atom. The number of carbonyl (C=O) groups excluding carboxylic acids is 2. The van der Waals surface area contributed by atoms with Crippen LogP contribution < -0.4 is 15.8 Å². The van der Waals surface area contributed by atoms with Gasteiger partial charge in [0.2, 0.25) is 5.91 Å². The number of nitrogens with two attached hydrogens (primary N) is 1. The molecule has 0 unspecified atom stereocenters. The van der Waals surface area contributed by atoms with Gasteiger partial charge in [0.25, 0.3) is 5.91 Å². The topological polar surface area (TPSA) is 120 Å². The van der Waals surface area contributed by atoms with Gasteiger partial charge in [-0.2, -0.15) is 0 Å². The van der Waals surface area contributed by atoms with Crippen LogP contribution in [0.3, 0.4) is 0 Å². The number of amides is 2. The van der Waals surface area contributed by atoms with E-state index in [1.165, 1.54) is 18.2 Å². The fraction of sp³-hybridized carbons (Fsp3) is 0.188. The molecule has 1 aliphatic heterocycles. The molecule has 0 saturated heterocycles. The average Bonchev–Trinajstić information content (AvgIpc) is 3.55. The van der Waals surface area contributed by atoms with Crippen LogP contribution in [0.2, 0.25) is 10.0 Å². The van der Waals surface area contributed by atoms with E-state index in [1.54, 1.807) is 50.2 Å². The van der Waals surface area contributed by atoms with Gasteiger partial charge in [0.1, 0.15) is 40.6 Å². The molecule has 12 heteroatoms. The fourth-order valence-electron chi connectivity index (χ4n) is 5.27. The first-order valence-electron chi connectivity index (χ1n) is 13.5. The van der Waals surface area contributed by atoms with E-state index in [0.29, 0.717) is 39.4 Å². The van der Waals surface area contributed by atoms with Crippen molar-refractivity contribution in [2.75, 3.05) is 13.2 Å². The molecule has 0 spiro atoms. The van der Waals surface area contributed by atoms with Crippen LogP contribution in [-0.2, 0) is 10.2 Å². The molecule has 2 amide bonds. The van der Waals surface area contributed by atoms with Crippen LogP contribution in [0.4, 0.5) is 8.78 Å². The SMILES string of the molecule is Cc1nc2ccc(C(=O)NC[C@@H](c3cccc(F)c3)c3cc4c(c(-c5ccc(F)c(Cl)c5Cl)n3)OC[C@]4(C)C(N)=O)cc2o1. The highest BCUT2D eigenvalue weighted by atomic mass is 35.5. The van der Waals surface area contributed by atoms with E-state index >= 15 is 0 Å². The van der Waals surface area contributed by atoms with Crippen LogP contribution in [0.1, 0.15) is 45.9 Å². The quantitative estimate of drug-likeness (QED) is 0.197. The molecule has 0 radical (unpaired) electrons. The zero-order chi connectivity index (χ0) is 31.3. The molecule has 2 atom stereocenters. The van der Waals surface area contributed by atoms with Crippen LogP contribution in [0.25, 0.3) is 22.4 Å². The van der Waals surface area contributed by atoms with E-state index in [0.717, 1.165) is 6.07 Å². The van der Waals surface area contributed by atoms with Gasteiger partial charge in [-0.15, -0.1) is 0 Å². The van der Waals surface area contributed by atoms with E-state index < -0.39 is 34.8 Å². The third-order valence-corrected chi connectivity index (χ3v) is 8.62. The molecule has 0 aliphatic carbocycles. The minimum Gasteiger partial charge on any atom is -0.489 e. The standard InChI is InChI=1S/C32H24Cl2F2N4O4/c1-15-39-23-9-6-17(11-25(23)44-15)30(41)38-13-20(16-4-3-5-18(35)10-16)24-12-21-29(43-14-32(21,2)31(37)42)28(40-24)19-7-8-22(36)27(34)26(19)33/h3-12,20H,13-14H2,1-2H3,(H2,37,42)(H,38,41)/t20-,32-/m0/s1. The Labute approximate surface area is 260 Å². The maximum Gasteiger partial charge on any atom is 0.251 e. The first kappa shape index (κ1) is 29.5. The van der Waals surface area contributed by atoms with E-state index in [2.05, 4.69) is 10.3 Å². The van der Waals surface area contributed by atoms with Gasteiger partial charge in [-0.1, -0.05) is 35.3 Å². The van der Waals surface area contributed by atoms with Gasteiger partial charge in [0, 0.05) is 36.1 Å². The molecule has 5 aromatic rings. The second kappa shape index (κ2) is 11.2. The number of aromatic nitrogens is 2. The van der Waals surface area contributed by atoms with Crippen molar-refractivity contribution in [2.45, 2.75) is 25.2 Å². The fourth-order valence-corrected chi connectivity index (χ4v) is 5.68. The summed E-state index contributed by atoms with van der Waals surface area (Å²) < 4.78 is 40.2. The number of halogens is 4. The van der Waals surface area contributed by atoms with Crippen molar-refractivity contribution in [3.05, 3.63) is 111 Å². The number of nitrogens with one attached hydrogen (secondary N) is 1. The first-order chi connectivity index (χ1) is 21.0. The van der Waals surface area contributed by atoms with Crippen molar-refractivity contribution < 1.29 is 27.5 Å². The summed E-state index contributed by atoms with van der Waals surface area (Å²) in [6, 6.07) is 15.0. The molecule has 8 nitrogen and oxygen atoms in total. The molecule has 0 bridgehead atoms. The molecular weight excluding hydrogens is 613 g/mol. The Kier molecular flexibility index (Phi) is 7.51. The van der Waals surface area contributed by atoms with Gasteiger partial charge < -0.3 is 20.2 Å². The van der Waals surface area contributed by atoms with E-state index in [4.69, 9.17) is 43.1 Å². The number of fused-ring (bicyclic) bond motifs is 2. The number of hydrogen-bond donors (Lipinski definition) is 2. The summed E-state index contributed by atoms with van der Waals surface area (Å²) in [5.41, 5.74) is 7.67. The highest BCUT2D eigenvalue weighted by molar-refractivity contribution is 6.43. The smallest absolute Gasteiger partial charge is 0.251 e. The third-order valence-electron chi connectivity index (χ3n) is 7.76. The van der Waals surface area contributed by atoms with Gasteiger partial charge in [0.05, 0.1) is 15.7 Å². The van der Waals surface area contributed by atoms with Crippen molar-refractivity contribution in [3.63, 3.8) is 0 Å². The summed E-state index contributed by atoms with van der Waals surface area (Å²) >= 11 is 12.6. The zero-order valence-corrected chi connectivity index (χ0v) is 24.9. The predicted octanol–water partition coefficient (Wildman–Crippen LogP) is 6.48. The van der Waals surface area contributed by atoms with Crippen LogP contribution >= 0.6 is 23.2 Å². The lowest BCUT2D eigenvalue weighted by Crippen LogP contribution is -2.40. The van der Waals surface area contributed by atoms with Crippen molar-refractivity contribution in [1.29, 1.82) is 0 Å². The second-order valence-corrected chi connectivity index (χ2v) is 11.5. The minimum absolute atomic E-state index is 0.0208. The normalized spacial score (nSPS) is 16.4. The molecule has 2 aromatic heterocycles. The monoisotopic (exact) mass is 636 g/mol. The number of nitrogens with zero attached hydrogens (tertiary/aromatic N) is 2. The van der Waals surface area contributed by atoms with E-state index in [9.17, 15) is 18.4 Å². The number of rotatable bonds is 7. The van der Waals surface area contributed by atoms with Gasteiger partial charge >= 0.3 is 0 Å². The van der Waals surface area contributed by atoms with Crippen molar-refractivity contribution in [3.8, 4) is 17.0 Å². The Balaban J connectivity index is 1.47. The van der Waals surface area contributed by atoms with E-state index in [1.807, 2.05) is 0 Å². The predicted molar refractivity (Wildman–Crippen MR) is 161 cm³/mol. The summed E-state index contributed by atoms with van der Waals surface area (Å²) in [5.74, 6) is -2.30. The Hall–Kier alpha value is -4.54. The molecule has 44 heavy (non-hydrogen) atoms. The molecule has 6 rings (SSSR count). The lowest BCUT2D eigenvalue weighted by atomic mass is 9.81. The maximum absolute atomic E-state index is 14.5. The molecule has 3 aromatic carbocycles. The molecular formula is C32H24Cl2F2N4O4. The number of benzene rings is 3. The molecule has 3 N–H and O–H groups in total. The highest BCUT2D eigenvalue weighted by Gasteiger charge is 2.44. The Morgan fingerprint density at radius 1 is 1.07 bits per heavy atom. The molecule has 1 aliphatic rings. The summed E-state index contributed by atoms with van der Waals surface area (Å²) in [6.45, 7) is 3.25. The Bertz CT molecular complexity index is 1980. The number of primary amides is 1. The number of hydrogen-bond acceptors (Lipinski definition) is 6. The van der Waals surface area contributed by atoms with Crippen molar-refractivity contribution in [2.24, 2.45) is 5.73 Å². The van der Waals surface area contributed by atoms with E-state index in [-0.39, 0.29) is 40.2 Å². The lowest BCUT2D eigenvalue weighted by Gasteiger charge is -2.23. The van der Waals surface area contributed by atoms with Crippen molar-refractivity contribution >= 4 is 46.1 Å². The summed E-state index contributed by atoms with van der Waals surface area (Å²) in [6.07, 6.45) is 0.